The highest BCUT2D eigenvalue weighted by Crippen LogP contribution is 2.26. The van der Waals surface area contributed by atoms with Crippen LogP contribution in [0.25, 0.3) is 0 Å². The third kappa shape index (κ3) is 3.29. The van der Waals surface area contributed by atoms with Gasteiger partial charge in [-0.1, -0.05) is 12.1 Å². The average Bonchev–Trinajstić information content (AvgIpc) is 2.80. The van der Waals surface area contributed by atoms with Gasteiger partial charge in [0, 0.05) is 18.4 Å². The summed E-state index contributed by atoms with van der Waals surface area (Å²) in [6.07, 6.45) is 1.92. The Kier molecular flexibility index (Phi) is 3.99. The Balaban J connectivity index is 1.79. The van der Waals surface area contributed by atoms with Crippen molar-refractivity contribution in [3.63, 3.8) is 0 Å². The van der Waals surface area contributed by atoms with Gasteiger partial charge in [-0.05, 0) is 42.7 Å². The first-order chi connectivity index (χ1) is 10.8. The Bertz CT molecular complexity index is 967. The normalized spacial score (nSPS) is 16.2. The van der Waals surface area contributed by atoms with Crippen molar-refractivity contribution in [2.75, 3.05) is 5.75 Å². The van der Waals surface area contributed by atoms with E-state index < -0.39 is 19.9 Å². The number of rotatable bonds is 4. The summed E-state index contributed by atoms with van der Waals surface area (Å²) in [5, 5.41) is 0. The Morgan fingerprint density at radius 2 is 2.00 bits per heavy atom. The molecule has 0 aliphatic carbocycles. The molecule has 1 aliphatic rings. The van der Waals surface area contributed by atoms with E-state index in [-0.39, 0.29) is 17.2 Å². The van der Waals surface area contributed by atoms with Gasteiger partial charge in [-0.3, -0.25) is 4.98 Å². The fourth-order valence-corrected chi connectivity index (χ4v) is 5.18. The van der Waals surface area contributed by atoms with Crippen LogP contribution in [-0.4, -0.2) is 27.6 Å². The van der Waals surface area contributed by atoms with E-state index >= 15 is 0 Å². The number of aromatic nitrogens is 1. The van der Waals surface area contributed by atoms with Crippen LogP contribution in [0, 0.1) is 6.92 Å². The lowest BCUT2D eigenvalue weighted by Crippen LogP contribution is -2.23. The number of nitrogens with one attached hydrogen (secondary N) is 1. The number of nitrogens with zero attached hydrogens (tertiary/aromatic N) is 1. The molecule has 0 unspecified atom stereocenters. The molecule has 0 saturated carbocycles. The molecule has 122 valence electrons. The maximum Gasteiger partial charge on any atom is 0.240 e. The summed E-state index contributed by atoms with van der Waals surface area (Å²) in [6.45, 7) is 1.83. The van der Waals surface area contributed by atoms with E-state index in [9.17, 15) is 16.8 Å². The molecule has 2 heterocycles. The summed E-state index contributed by atoms with van der Waals surface area (Å²) < 4.78 is 50.6. The van der Waals surface area contributed by atoms with Crippen LogP contribution in [0.2, 0.25) is 0 Å². The lowest BCUT2D eigenvalue weighted by atomic mass is 10.1. The SMILES string of the molecule is Cc1cc(S(=O)(=O)NCc2ccc3c(c2)CCS3(=O)=O)ccn1. The lowest BCUT2D eigenvalue weighted by molar-refractivity contribution is 0.580. The van der Waals surface area contributed by atoms with E-state index in [1.165, 1.54) is 18.3 Å². The van der Waals surface area contributed by atoms with Crippen molar-refractivity contribution < 1.29 is 16.8 Å². The Morgan fingerprint density at radius 1 is 1.22 bits per heavy atom. The molecule has 3 rings (SSSR count). The van der Waals surface area contributed by atoms with Crippen molar-refractivity contribution in [1.82, 2.24) is 9.71 Å². The number of sulfonamides is 1. The number of fused-ring (bicyclic) bond motifs is 1. The minimum Gasteiger partial charge on any atom is -0.262 e. The van der Waals surface area contributed by atoms with Gasteiger partial charge in [0.05, 0.1) is 15.5 Å². The van der Waals surface area contributed by atoms with Gasteiger partial charge in [-0.2, -0.15) is 0 Å². The number of hydrogen-bond donors (Lipinski definition) is 1. The first-order valence-electron chi connectivity index (χ1n) is 7.05. The van der Waals surface area contributed by atoms with Crippen LogP contribution in [-0.2, 0) is 32.8 Å². The van der Waals surface area contributed by atoms with Crippen molar-refractivity contribution in [3.8, 4) is 0 Å². The molecular weight excluding hydrogens is 336 g/mol. The zero-order valence-electron chi connectivity index (χ0n) is 12.5. The highest BCUT2D eigenvalue weighted by atomic mass is 32.2. The fourth-order valence-electron chi connectivity index (χ4n) is 2.54. The molecule has 2 aromatic rings. The molecule has 0 saturated heterocycles. The van der Waals surface area contributed by atoms with Gasteiger partial charge in [0.25, 0.3) is 0 Å². The highest BCUT2D eigenvalue weighted by molar-refractivity contribution is 7.91. The molecule has 1 N–H and O–H groups in total. The van der Waals surface area contributed by atoms with Gasteiger partial charge in [0.2, 0.25) is 10.0 Å². The molecule has 6 nitrogen and oxygen atoms in total. The summed E-state index contributed by atoms with van der Waals surface area (Å²) in [5.74, 6) is 0.119. The molecule has 0 bridgehead atoms. The van der Waals surface area contributed by atoms with Crippen molar-refractivity contribution in [2.24, 2.45) is 0 Å². The molecule has 0 atom stereocenters. The molecule has 1 aromatic carbocycles. The Labute approximate surface area is 135 Å². The van der Waals surface area contributed by atoms with Gasteiger partial charge in [-0.25, -0.2) is 21.6 Å². The van der Waals surface area contributed by atoms with Crippen molar-refractivity contribution in [2.45, 2.75) is 29.7 Å². The van der Waals surface area contributed by atoms with Gasteiger partial charge >= 0.3 is 0 Å². The van der Waals surface area contributed by atoms with Gasteiger partial charge in [-0.15, -0.1) is 0 Å². The van der Waals surface area contributed by atoms with Crippen LogP contribution in [0.1, 0.15) is 16.8 Å². The predicted octanol–water partition coefficient (Wildman–Crippen LogP) is 1.20. The molecular formula is C15H16N2O4S2. The first-order valence-corrected chi connectivity index (χ1v) is 10.2. The molecule has 8 heteroatoms. The topological polar surface area (TPSA) is 93.2 Å². The lowest BCUT2D eigenvalue weighted by Gasteiger charge is -2.08. The Hall–Kier alpha value is -1.77. The van der Waals surface area contributed by atoms with E-state index in [1.807, 2.05) is 0 Å². The second-order valence-electron chi connectivity index (χ2n) is 5.47. The van der Waals surface area contributed by atoms with E-state index in [1.54, 1.807) is 25.1 Å². The summed E-state index contributed by atoms with van der Waals surface area (Å²) in [7, 11) is -6.79. The maximum absolute atomic E-state index is 12.3. The van der Waals surface area contributed by atoms with E-state index in [0.717, 1.165) is 11.1 Å². The average molecular weight is 352 g/mol. The smallest absolute Gasteiger partial charge is 0.240 e. The Morgan fingerprint density at radius 3 is 2.74 bits per heavy atom. The minimum atomic E-state index is -3.63. The molecule has 1 aromatic heterocycles. The zero-order chi connectivity index (χ0) is 16.7. The molecule has 0 radical (unpaired) electrons. The van der Waals surface area contributed by atoms with Gasteiger partial charge in [0.1, 0.15) is 0 Å². The third-order valence-electron chi connectivity index (χ3n) is 3.74. The number of aryl methyl sites for hydroxylation is 2. The van der Waals surface area contributed by atoms with Crippen LogP contribution in [0.3, 0.4) is 0 Å². The van der Waals surface area contributed by atoms with E-state index in [2.05, 4.69) is 9.71 Å². The second-order valence-corrected chi connectivity index (χ2v) is 9.31. The zero-order valence-corrected chi connectivity index (χ0v) is 14.1. The highest BCUT2D eigenvalue weighted by Gasteiger charge is 2.26. The summed E-state index contributed by atoms with van der Waals surface area (Å²) in [5.41, 5.74) is 2.10. The van der Waals surface area contributed by atoms with Gasteiger partial charge in [0.15, 0.2) is 9.84 Å². The van der Waals surface area contributed by atoms with Crippen LogP contribution in [0.4, 0.5) is 0 Å². The van der Waals surface area contributed by atoms with Crippen LogP contribution in [0.15, 0.2) is 46.3 Å². The standard InChI is InChI=1S/C15H16N2O4S2/c1-11-8-14(4-6-16-11)23(20,21)17-10-12-2-3-15-13(9-12)5-7-22(15,18)19/h2-4,6,8-9,17H,5,7,10H2,1H3. The van der Waals surface area contributed by atoms with Crippen LogP contribution in [0.5, 0.6) is 0 Å². The number of hydrogen-bond acceptors (Lipinski definition) is 5. The van der Waals surface area contributed by atoms with Crippen LogP contribution < -0.4 is 4.72 Å². The van der Waals surface area contributed by atoms with Crippen molar-refractivity contribution in [1.29, 1.82) is 0 Å². The second kappa shape index (κ2) is 5.70. The number of pyridine rings is 1. The molecule has 0 amide bonds. The minimum absolute atomic E-state index is 0.108. The van der Waals surface area contributed by atoms with Crippen molar-refractivity contribution in [3.05, 3.63) is 53.3 Å². The van der Waals surface area contributed by atoms with Crippen LogP contribution >= 0.6 is 0 Å². The van der Waals surface area contributed by atoms with E-state index in [0.29, 0.717) is 17.0 Å². The predicted molar refractivity (Wildman–Crippen MR) is 85.2 cm³/mol. The third-order valence-corrected chi connectivity index (χ3v) is 6.95. The number of benzene rings is 1. The molecule has 0 fully saturated rings. The maximum atomic E-state index is 12.3. The van der Waals surface area contributed by atoms with E-state index in [4.69, 9.17) is 0 Å². The summed E-state index contributed by atoms with van der Waals surface area (Å²) in [6, 6.07) is 7.88. The molecule has 0 spiro atoms. The summed E-state index contributed by atoms with van der Waals surface area (Å²) in [4.78, 5) is 4.49. The van der Waals surface area contributed by atoms with Gasteiger partial charge < -0.3 is 0 Å². The quantitative estimate of drug-likeness (QED) is 0.892. The first kappa shape index (κ1) is 16.1. The summed E-state index contributed by atoms with van der Waals surface area (Å²) >= 11 is 0. The number of sulfone groups is 1. The monoisotopic (exact) mass is 352 g/mol. The molecule has 1 aliphatic heterocycles. The molecule has 23 heavy (non-hydrogen) atoms. The largest absolute Gasteiger partial charge is 0.262 e. The fraction of sp³-hybridized carbons (Fsp3) is 0.267. The van der Waals surface area contributed by atoms with Crippen molar-refractivity contribution >= 4 is 19.9 Å².